The molecule has 0 amide bonds. The molecule has 0 saturated carbocycles. The van der Waals surface area contributed by atoms with E-state index in [0.29, 0.717) is 19.4 Å². The van der Waals surface area contributed by atoms with Crippen LogP contribution >= 0.6 is 23.4 Å². The number of carboxylic acid groups (broad SMARTS) is 1. The summed E-state index contributed by atoms with van der Waals surface area (Å²) in [5, 5.41) is 11.0. The van der Waals surface area contributed by atoms with Crippen LogP contribution in [0, 0.1) is 5.92 Å². The molecular formula is C19H23ClN2O2S. The molecule has 1 heterocycles. The number of benzene rings is 1. The maximum Gasteiger partial charge on any atom is 0.307 e. The summed E-state index contributed by atoms with van der Waals surface area (Å²) >= 11 is 7.96. The van der Waals surface area contributed by atoms with Crippen molar-refractivity contribution in [1.82, 2.24) is 9.55 Å². The van der Waals surface area contributed by atoms with Gasteiger partial charge in [-0.25, -0.2) is 4.98 Å². The first-order valence-electron chi connectivity index (χ1n) is 8.31. The average molecular weight is 379 g/mol. The van der Waals surface area contributed by atoms with Gasteiger partial charge in [0.25, 0.3) is 0 Å². The number of thioether (sulfide) groups is 1. The molecular weight excluding hydrogens is 356 g/mol. The molecule has 0 fully saturated rings. The van der Waals surface area contributed by atoms with Crippen LogP contribution < -0.4 is 0 Å². The maximum absolute atomic E-state index is 11.4. The fourth-order valence-electron chi connectivity index (χ4n) is 2.51. The molecule has 6 heteroatoms. The zero-order valence-electron chi connectivity index (χ0n) is 14.3. The molecule has 4 nitrogen and oxygen atoms in total. The Kier molecular flexibility index (Phi) is 7.59. The molecule has 2 rings (SSSR count). The van der Waals surface area contributed by atoms with Gasteiger partial charge in [-0.15, -0.1) is 6.58 Å². The van der Waals surface area contributed by atoms with Crippen molar-refractivity contribution in [3.8, 4) is 0 Å². The molecule has 0 aliphatic heterocycles. The van der Waals surface area contributed by atoms with E-state index >= 15 is 0 Å². The highest BCUT2D eigenvalue weighted by Gasteiger charge is 2.19. The van der Waals surface area contributed by atoms with Crippen LogP contribution in [0.5, 0.6) is 0 Å². The number of allylic oxidation sites excluding steroid dienone is 1. The molecule has 0 saturated heterocycles. The van der Waals surface area contributed by atoms with E-state index in [0.717, 1.165) is 33.6 Å². The Morgan fingerprint density at radius 3 is 2.88 bits per heavy atom. The van der Waals surface area contributed by atoms with Gasteiger partial charge in [0.1, 0.15) is 0 Å². The number of nitrogens with zero attached hydrogens (tertiary/aromatic N) is 2. The van der Waals surface area contributed by atoms with Crippen LogP contribution in [0.3, 0.4) is 0 Å². The molecule has 1 N–H and O–H groups in total. The second-order valence-corrected chi connectivity index (χ2v) is 7.32. The number of imidazole rings is 1. The largest absolute Gasteiger partial charge is 0.481 e. The van der Waals surface area contributed by atoms with Crippen LogP contribution in [0.25, 0.3) is 0 Å². The predicted molar refractivity (Wildman–Crippen MR) is 103 cm³/mol. The van der Waals surface area contributed by atoms with Gasteiger partial charge in [0.05, 0.1) is 18.2 Å². The summed E-state index contributed by atoms with van der Waals surface area (Å²) in [7, 11) is 0. The number of carbonyl (C=O) groups is 1. The van der Waals surface area contributed by atoms with Crippen molar-refractivity contribution in [2.45, 2.75) is 37.9 Å². The van der Waals surface area contributed by atoms with E-state index in [2.05, 4.69) is 23.1 Å². The smallest absolute Gasteiger partial charge is 0.307 e. The lowest BCUT2D eigenvalue weighted by molar-refractivity contribution is -0.141. The number of aromatic nitrogens is 2. The number of hydrogen-bond acceptors (Lipinski definition) is 3. The van der Waals surface area contributed by atoms with E-state index in [1.54, 1.807) is 17.8 Å². The second-order valence-electron chi connectivity index (χ2n) is 5.85. The average Bonchev–Trinajstić information content (AvgIpc) is 2.96. The zero-order chi connectivity index (χ0) is 18.2. The minimum Gasteiger partial charge on any atom is -0.481 e. The normalized spacial score (nSPS) is 12.1. The quantitative estimate of drug-likeness (QED) is 0.471. The van der Waals surface area contributed by atoms with Gasteiger partial charge in [-0.3, -0.25) is 4.79 Å². The van der Waals surface area contributed by atoms with E-state index in [9.17, 15) is 9.90 Å². The summed E-state index contributed by atoms with van der Waals surface area (Å²) < 4.78 is 2.06. The van der Waals surface area contributed by atoms with Crippen LogP contribution in [0.15, 0.2) is 48.3 Å². The lowest BCUT2D eigenvalue weighted by Crippen LogP contribution is -2.15. The molecule has 1 aromatic heterocycles. The molecule has 0 radical (unpaired) electrons. The number of aliphatic carboxylic acids is 1. The van der Waals surface area contributed by atoms with Crippen molar-refractivity contribution in [3.05, 3.63) is 59.4 Å². The number of carboxylic acids is 1. The molecule has 134 valence electrons. The number of hydrogen-bond donors (Lipinski definition) is 1. The number of rotatable bonds is 10. The molecule has 0 spiro atoms. The third kappa shape index (κ3) is 5.65. The van der Waals surface area contributed by atoms with Gasteiger partial charge < -0.3 is 9.67 Å². The summed E-state index contributed by atoms with van der Waals surface area (Å²) in [6, 6.07) is 7.74. The van der Waals surface area contributed by atoms with Gasteiger partial charge in [-0.2, -0.15) is 0 Å². The molecule has 2 aromatic rings. The Balaban J connectivity index is 2.25. The summed E-state index contributed by atoms with van der Waals surface area (Å²) in [6.07, 6.45) is 5.47. The maximum atomic E-state index is 11.4. The van der Waals surface area contributed by atoms with E-state index in [-0.39, 0.29) is 0 Å². The third-order valence-corrected chi connectivity index (χ3v) is 5.34. The molecule has 0 aliphatic rings. The first kappa shape index (κ1) is 19.6. The molecule has 25 heavy (non-hydrogen) atoms. The van der Waals surface area contributed by atoms with Crippen LogP contribution in [0.4, 0.5) is 0 Å². The van der Waals surface area contributed by atoms with Crippen LogP contribution in [0.1, 0.15) is 31.0 Å². The predicted octanol–water partition coefficient (Wildman–Crippen LogP) is 4.91. The van der Waals surface area contributed by atoms with Gasteiger partial charge >= 0.3 is 5.97 Å². The SMILES string of the molecule is C=CCC(Cc1cn(Cc2ccccc2Cl)c(SCCC)n1)C(=O)O. The van der Waals surface area contributed by atoms with Crippen molar-refractivity contribution in [2.75, 3.05) is 5.75 Å². The lowest BCUT2D eigenvalue weighted by Gasteiger charge is -2.08. The number of halogens is 1. The molecule has 1 atom stereocenters. The lowest BCUT2D eigenvalue weighted by atomic mass is 10.0. The summed E-state index contributed by atoms with van der Waals surface area (Å²) in [4.78, 5) is 16.1. The summed E-state index contributed by atoms with van der Waals surface area (Å²) in [5.41, 5.74) is 1.81. The highest BCUT2D eigenvalue weighted by molar-refractivity contribution is 7.99. The standard InChI is InChI=1S/C19H23ClN2O2S/c1-3-7-14(18(23)24)11-16-13-22(19(21-16)25-10-4-2)12-15-8-5-6-9-17(15)20/h3,5-6,8-9,13-14H,1,4,7,10-12H2,2H3,(H,23,24). The Hall–Kier alpha value is -1.72. The minimum atomic E-state index is -0.816. The van der Waals surface area contributed by atoms with Crippen molar-refractivity contribution >= 4 is 29.3 Å². The van der Waals surface area contributed by atoms with Crippen molar-refractivity contribution in [1.29, 1.82) is 0 Å². The van der Waals surface area contributed by atoms with Crippen LogP contribution in [-0.2, 0) is 17.8 Å². The Labute approximate surface area is 157 Å². The molecule has 0 aliphatic carbocycles. The highest BCUT2D eigenvalue weighted by Crippen LogP contribution is 2.24. The van der Waals surface area contributed by atoms with Crippen molar-refractivity contribution in [3.63, 3.8) is 0 Å². The van der Waals surface area contributed by atoms with Gasteiger partial charge in [-0.05, 0) is 24.5 Å². The fraction of sp³-hybridized carbons (Fsp3) is 0.368. The first-order valence-corrected chi connectivity index (χ1v) is 9.67. The Bertz CT molecular complexity index is 730. The van der Waals surface area contributed by atoms with Gasteiger partial charge in [0.2, 0.25) is 0 Å². The summed E-state index contributed by atoms with van der Waals surface area (Å²) in [6.45, 7) is 6.39. The van der Waals surface area contributed by atoms with Crippen LogP contribution in [-0.4, -0.2) is 26.4 Å². The van der Waals surface area contributed by atoms with Crippen LogP contribution in [0.2, 0.25) is 5.02 Å². The highest BCUT2D eigenvalue weighted by atomic mass is 35.5. The third-order valence-electron chi connectivity index (χ3n) is 3.78. The van der Waals surface area contributed by atoms with E-state index in [1.165, 1.54) is 0 Å². The van der Waals surface area contributed by atoms with E-state index in [1.807, 2.05) is 30.5 Å². The molecule has 1 aromatic carbocycles. The first-order chi connectivity index (χ1) is 12.0. The monoisotopic (exact) mass is 378 g/mol. The zero-order valence-corrected chi connectivity index (χ0v) is 15.9. The van der Waals surface area contributed by atoms with Crippen molar-refractivity contribution < 1.29 is 9.90 Å². The summed E-state index contributed by atoms with van der Waals surface area (Å²) in [5.74, 6) is -0.345. The van der Waals surface area contributed by atoms with Crippen molar-refractivity contribution in [2.24, 2.45) is 5.92 Å². The molecule has 0 bridgehead atoms. The second kappa shape index (κ2) is 9.68. The van der Waals surface area contributed by atoms with E-state index in [4.69, 9.17) is 11.6 Å². The van der Waals surface area contributed by atoms with Gasteiger partial charge in [0, 0.05) is 23.4 Å². The topological polar surface area (TPSA) is 55.1 Å². The van der Waals surface area contributed by atoms with Gasteiger partial charge in [-0.1, -0.05) is 54.6 Å². The Morgan fingerprint density at radius 1 is 1.48 bits per heavy atom. The fourth-order valence-corrected chi connectivity index (χ4v) is 3.55. The van der Waals surface area contributed by atoms with E-state index < -0.39 is 11.9 Å². The Morgan fingerprint density at radius 2 is 2.24 bits per heavy atom. The van der Waals surface area contributed by atoms with Gasteiger partial charge in [0.15, 0.2) is 5.16 Å². The molecule has 1 unspecified atom stereocenters. The minimum absolute atomic E-state index is 0.399.